The van der Waals surface area contributed by atoms with Crippen molar-refractivity contribution in [1.29, 1.82) is 5.41 Å². The molecule has 3 heteroatoms. The number of nitrogens with one attached hydrogen (secondary N) is 1. The summed E-state index contributed by atoms with van der Waals surface area (Å²) in [5.41, 5.74) is 8.48. The van der Waals surface area contributed by atoms with E-state index in [2.05, 4.69) is 86.1 Å². The number of hydrogen-bond acceptors (Lipinski definition) is 2. The van der Waals surface area contributed by atoms with Crippen molar-refractivity contribution >= 4 is 16.6 Å². The second-order valence-corrected chi connectivity index (χ2v) is 7.71. The summed E-state index contributed by atoms with van der Waals surface area (Å²) in [6, 6.07) is 21.6. The zero-order chi connectivity index (χ0) is 19.8. The third kappa shape index (κ3) is 3.07. The van der Waals surface area contributed by atoms with Gasteiger partial charge in [0.15, 0.2) is 0 Å². The number of hydrogen-bond donors (Lipinski definition) is 1. The Morgan fingerprint density at radius 3 is 2.36 bits per heavy atom. The van der Waals surface area contributed by atoms with Crippen molar-refractivity contribution in [3.8, 4) is 22.4 Å². The number of fused-ring (bicyclic) bond motifs is 2. The second-order valence-electron chi connectivity index (χ2n) is 7.71. The Morgan fingerprint density at radius 1 is 0.929 bits per heavy atom. The van der Waals surface area contributed by atoms with E-state index in [1.807, 2.05) is 12.1 Å². The monoisotopic (exact) mass is 369 g/mol. The molecule has 0 saturated carbocycles. The van der Waals surface area contributed by atoms with Crippen molar-refractivity contribution in [3.05, 3.63) is 71.6 Å². The third-order valence-corrected chi connectivity index (χ3v) is 5.54. The van der Waals surface area contributed by atoms with Crippen LogP contribution in [0.3, 0.4) is 0 Å². The Morgan fingerprint density at radius 2 is 1.68 bits per heavy atom. The van der Waals surface area contributed by atoms with Crippen molar-refractivity contribution in [2.45, 2.75) is 19.8 Å². The molecule has 0 spiro atoms. The molecule has 1 aliphatic carbocycles. The number of rotatable bonds is 4. The number of aryl methyl sites for hydroxylation is 2. The Hall–Kier alpha value is -3.07. The van der Waals surface area contributed by atoms with E-state index in [9.17, 15) is 0 Å². The van der Waals surface area contributed by atoms with Crippen LogP contribution in [-0.4, -0.2) is 18.7 Å². The van der Waals surface area contributed by atoms with Gasteiger partial charge in [0.25, 0.3) is 0 Å². The van der Waals surface area contributed by atoms with Gasteiger partial charge in [0, 0.05) is 43.3 Å². The van der Waals surface area contributed by atoms with Crippen LogP contribution < -0.4 is 10.3 Å². The SMILES string of the molecule is CCCc1ccc(-c2c3ccc(=N)cc-3n(C)c3cc(N(C)C)ccc23)cc1. The van der Waals surface area contributed by atoms with Crippen molar-refractivity contribution < 1.29 is 0 Å². The maximum atomic E-state index is 8.12. The van der Waals surface area contributed by atoms with E-state index in [1.165, 1.54) is 38.8 Å². The molecular formula is C25H27N3. The highest BCUT2D eigenvalue weighted by atomic mass is 15.1. The van der Waals surface area contributed by atoms with Crippen LogP contribution in [0.2, 0.25) is 0 Å². The smallest absolute Gasteiger partial charge is 0.0561 e. The highest BCUT2D eigenvalue weighted by Crippen LogP contribution is 2.40. The van der Waals surface area contributed by atoms with Crippen LogP contribution in [0.4, 0.5) is 5.69 Å². The van der Waals surface area contributed by atoms with Gasteiger partial charge in [-0.05, 0) is 41.8 Å². The van der Waals surface area contributed by atoms with E-state index in [0.717, 1.165) is 18.5 Å². The van der Waals surface area contributed by atoms with Crippen LogP contribution in [0.15, 0.2) is 60.7 Å². The molecule has 0 radical (unpaired) electrons. The molecule has 1 aliphatic heterocycles. The first kappa shape index (κ1) is 18.3. The summed E-state index contributed by atoms with van der Waals surface area (Å²) in [6.45, 7) is 2.22. The van der Waals surface area contributed by atoms with E-state index >= 15 is 0 Å². The minimum atomic E-state index is 0.537. The lowest BCUT2D eigenvalue weighted by Crippen LogP contribution is -2.11. The molecule has 28 heavy (non-hydrogen) atoms. The van der Waals surface area contributed by atoms with E-state index in [4.69, 9.17) is 5.41 Å². The Bertz CT molecular complexity index is 1170. The predicted molar refractivity (Wildman–Crippen MR) is 119 cm³/mol. The maximum Gasteiger partial charge on any atom is 0.0561 e. The van der Waals surface area contributed by atoms with Gasteiger partial charge in [0.2, 0.25) is 0 Å². The van der Waals surface area contributed by atoms with Gasteiger partial charge in [0.1, 0.15) is 0 Å². The fourth-order valence-electron chi connectivity index (χ4n) is 4.02. The van der Waals surface area contributed by atoms with E-state index in [-0.39, 0.29) is 0 Å². The van der Waals surface area contributed by atoms with Gasteiger partial charge in [-0.1, -0.05) is 49.7 Å². The fourth-order valence-corrected chi connectivity index (χ4v) is 4.02. The molecule has 0 fully saturated rings. The van der Waals surface area contributed by atoms with E-state index in [0.29, 0.717) is 5.36 Å². The summed E-state index contributed by atoms with van der Waals surface area (Å²) in [4.78, 5) is 2.13. The highest BCUT2D eigenvalue weighted by molar-refractivity contribution is 6.04. The Kier molecular flexibility index (Phi) is 4.68. The maximum absolute atomic E-state index is 8.12. The van der Waals surface area contributed by atoms with Crippen LogP contribution >= 0.6 is 0 Å². The molecule has 1 N–H and O–H groups in total. The topological polar surface area (TPSA) is 32.0 Å². The number of pyridine rings is 1. The second kappa shape index (κ2) is 7.16. The van der Waals surface area contributed by atoms with Crippen LogP contribution in [0.1, 0.15) is 18.9 Å². The molecule has 0 amide bonds. The summed E-state index contributed by atoms with van der Waals surface area (Å²) in [7, 11) is 6.23. The minimum absolute atomic E-state index is 0.537. The molecule has 1 heterocycles. The highest BCUT2D eigenvalue weighted by Gasteiger charge is 2.18. The average Bonchev–Trinajstić information content (AvgIpc) is 2.69. The first-order chi connectivity index (χ1) is 13.5. The molecule has 4 rings (SSSR count). The molecule has 2 aromatic rings. The lowest BCUT2D eigenvalue weighted by Gasteiger charge is -2.23. The van der Waals surface area contributed by atoms with Crippen LogP contribution in [-0.2, 0) is 13.5 Å². The molecule has 0 atom stereocenters. The standard InChI is InChI=1S/C25H27N3/c1-5-6-17-7-9-18(10-8-17)25-21-13-11-19(26)15-23(21)28(4)24-16-20(27(2)3)12-14-22(24)25/h7-16,26H,5-6H2,1-4H3. The molecule has 0 unspecified atom stereocenters. The Balaban J connectivity index is 2.07. The summed E-state index contributed by atoms with van der Waals surface area (Å²) >= 11 is 0. The quantitative estimate of drug-likeness (QED) is 0.477. The van der Waals surface area contributed by atoms with Gasteiger partial charge in [-0.25, -0.2) is 0 Å². The predicted octanol–water partition coefficient (Wildman–Crippen LogP) is 5.45. The zero-order valence-electron chi connectivity index (χ0n) is 17.1. The largest absolute Gasteiger partial charge is 0.378 e. The molecule has 0 bridgehead atoms. The zero-order valence-corrected chi connectivity index (χ0v) is 17.1. The van der Waals surface area contributed by atoms with E-state index in [1.54, 1.807) is 0 Å². The molecule has 2 aliphatic rings. The van der Waals surface area contributed by atoms with Gasteiger partial charge in [0.05, 0.1) is 16.6 Å². The normalized spacial score (nSPS) is 11.3. The van der Waals surface area contributed by atoms with Crippen molar-refractivity contribution in [3.63, 3.8) is 0 Å². The average molecular weight is 370 g/mol. The molecule has 3 nitrogen and oxygen atoms in total. The first-order valence-electron chi connectivity index (χ1n) is 9.87. The van der Waals surface area contributed by atoms with Crippen molar-refractivity contribution in [2.75, 3.05) is 19.0 Å². The van der Waals surface area contributed by atoms with Crippen LogP contribution in [0.5, 0.6) is 0 Å². The van der Waals surface area contributed by atoms with Gasteiger partial charge < -0.3 is 14.9 Å². The summed E-state index contributed by atoms with van der Waals surface area (Å²) in [5, 5.41) is 9.90. The fraction of sp³-hybridized carbons (Fsp3) is 0.240. The van der Waals surface area contributed by atoms with Gasteiger partial charge >= 0.3 is 0 Å². The van der Waals surface area contributed by atoms with Crippen molar-refractivity contribution in [1.82, 2.24) is 4.57 Å². The molecule has 0 saturated heterocycles. The van der Waals surface area contributed by atoms with Crippen LogP contribution in [0.25, 0.3) is 33.3 Å². The van der Waals surface area contributed by atoms with Crippen molar-refractivity contribution in [2.24, 2.45) is 7.05 Å². The van der Waals surface area contributed by atoms with Gasteiger partial charge in [-0.3, -0.25) is 0 Å². The first-order valence-corrected chi connectivity index (χ1v) is 9.87. The van der Waals surface area contributed by atoms with Gasteiger partial charge in [-0.15, -0.1) is 0 Å². The van der Waals surface area contributed by atoms with Crippen LogP contribution in [0, 0.1) is 5.41 Å². The number of aromatic nitrogens is 1. The molecule has 142 valence electrons. The number of anilines is 1. The third-order valence-electron chi connectivity index (χ3n) is 5.54. The molecule has 0 aromatic heterocycles. The minimum Gasteiger partial charge on any atom is -0.378 e. The number of benzene rings is 3. The molecule has 2 aromatic carbocycles. The Labute approximate surface area is 166 Å². The van der Waals surface area contributed by atoms with E-state index < -0.39 is 0 Å². The number of nitrogens with zero attached hydrogens (tertiary/aromatic N) is 2. The summed E-state index contributed by atoms with van der Waals surface area (Å²) in [5.74, 6) is 0. The lowest BCUT2D eigenvalue weighted by atomic mass is 9.91. The molecular weight excluding hydrogens is 342 g/mol. The van der Waals surface area contributed by atoms with Gasteiger partial charge in [-0.2, -0.15) is 0 Å². The lowest BCUT2D eigenvalue weighted by molar-refractivity contribution is 0.922. The summed E-state index contributed by atoms with van der Waals surface area (Å²) in [6.07, 6.45) is 2.27. The summed E-state index contributed by atoms with van der Waals surface area (Å²) < 4.78 is 2.21.